The van der Waals surface area contributed by atoms with E-state index in [4.69, 9.17) is 0 Å². The fourth-order valence-electron chi connectivity index (χ4n) is 2.18. The molecule has 2 aromatic carbocycles. The van der Waals surface area contributed by atoms with Gasteiger partial charge in [0, 0.05) is 0 Å². The van der Waals surface area contributed by atoms with E-state index in [1.807, 2.05) is 51.1 Å². The lowest BCUT2D eigenvalue weighted by molar-refractivity contribution is 0.584. The van der Waals surface area contributed by atoms with Gasteiger partial charge in [-0.25, -0.2) is 4.39 Å². The zero-order chi connectivity index (χ0) is 13.1. The molecule has 0 aromatic heterocycles. The SMILES string of the molecule is CCc1cc(-c2ccccc2)cc(C(C)C)c1F. The summed E-state index contributed by atoms with van der Waals surface area (Å²) in [6.45, 7) is 6.07. The molecule has 0 nitrogen and oxygen atoms in total. The highest BCUT2D eigenvalue weighted by Gasteiger charge is 2.13. The first kappa shape index (κ1) is 12.8. The van der Waals surface area contributed by atoms with Gasteiger partial charge in [0.2, 0.25) is 0 Å². The summed E-state index contributed by atoms with van der Waals surface area (Å²) >= 11 is 0. The normalized spacial score (nSPS) is 10.9. The second-order valence-electron chi connectivity index (χ2n) is 4.91. The van der Waals surface area contributed by atoms with Crippen LogP contribution in [0.5, 0.6) is 0 Å². The maximum atomic E-state index is 14.2. The van der Waals surface area contributed by atoms with Crippen molar-refractivity contribution in [3.63, 3.8) is 0 Å². The van der Waals surface area contributed by atoms with Crippen LogP contribution in [0.3, 0.4) is 0 Å². The van der Waals surface area contributed by atoms with Crippen LogP contribution in [0, 0.1) is 5.82 Å². The highest BCUT2D eigenvalue weighted by Crippen LogP contribution is 2.29. The molecule has 0 spiro atoms. The molecule has 0 amide bonds. The molecule has 0 atom stereocenters. The van der Waals surface area contributed by atoms with Gasteiger partial charge in [0.15, 0.2) is 0 Å². The van der Waals surface area contributed by atoms with E-state index < -0.39 is 0 Å². The summed E-state index contributed by atoms with van der Waals surface area (Å²) in [7, 11) is 0. The van der Waals surface area contributed by atoms with Crippen molar-refractivity contribution in [2.24, 2.45) is 0 Å². The van der Waals surface area contributed by atoms with Crippen molar-refractivity contribution in [2.75, 3.05) is 0 Å². The number of aryl methyl sites for hydroxylation is 1. The van der Waals surface area contributed by atoms with Gasteiger partial charge < -0.3 is 0 Å². The zero-order valence-corrected chi connectivity index (χ0v) is 11.2. The molecule has 0 N–H and O–H groups in total. The molecule has 0 unspecified atom stereocenters. The molecule has 1 heteroatoms. The molecule has 94 valence electrons. The van der Waals surface area contributed by atoms with Crippen LogP contribution < -0.4 is 0 Å². The molecule has 2 aromatic rings. The maximum absolute atomic E-state index is 14.2. The summed E-state index contributed by atoms with van der Waals surface area (Å²) in [5, 5.41) is 0. The van der Waals surface area contributed by atoms with Gasteiger partial charge in [-0.2, -0.15) is 0 Å². The minimum Gasteiger partial charge on any atom is -0.206 e. The van der Waals surface area contributed by atoms with Crippen LogP contribution in [0.1, 0.15) is 37.8 Å². The minimum absolute atomic E-state index is 0.0350. The van der Waals surface area contributed by atoms with Crippen molar-refractivity contribution >= 4 is 0 Å². The number of hydrogen-bond acceptors (Lipinski definition) is 0. The first-order chi connectivity index (χ1) is 8.63. The van der Waals surface area contributed by atoms with Crippen molar-refractivity contribution in [1.29, 1.82) is 0 Å². The van der Waals surface area contributed by atoms with E-state index in [1.54, 1.807) is 0 Å². The lowest BCUT2D eigenvalue weighted by Gasteiger charge is -2.13. The number of rotatable bonds is 3. The van der Waals surface area contributed by atoms with Crippen LogP contribution in [0.25, 0.3) is 11.1 Å². The molecule has 0 aliphatic heterocycles. The van der Waals surface area contributed by atoms with Crippen LogP contribution in [0.15, 0.2) is 42.5 Å². The van der Waals surface area contributed by atoms with Crippen LogP contribution in [-0.4, -0.2) is 0 Å². The summed E-state index contributed by atoms with van der Waals surface area (Å²) in [6, 6.07) is 14.1. The Morgan fingerprint density at radius 1 is 1.00 bits per heavy atom. The Bertz CT molecular complexity index is 527. The van der Waals surface area contributed by atoms with Crippen LogP contribution in [0.4, 0.5) is 4.39 Å². The van der Waals surface area contributed by atoms with Gasteiger partial charge in [-0.05, 0) is 46.7 Å². The molecule has 0 aliphatic rings. The summed E-state index contributed by atoms with van der Waals surface area (Å²) in [4.78, 5) is 0. The summed E-state index contributed by atoms with van der Waals surface area (Å²) in [5.74, 6) is 0.172. The Morgan fingerprint density at radius 2 is 1.67 bits per heavy atom. The lowest BCUT2D eigenvalue weighted by atomic mass is 9.93. The number of halogens is 1. The summed E-state index contributed by atoms with van der Waals surface area (Å²) in [5.41, 5.74) is 3.87. The Hall–Kier alpha value is -1.63. The molecule has 0 saturated heterocycles. The molecule has 0 heterocycles. The molecule has 0 radical (unpaired) electrons. The standard InChI is InChI=1S/C17H19F/c1-4-13-10-15(14-8-6-5-7-9-14)11-16(12(2)3)17(13)18/h5-12H,4H2,1-3H3. The average molecular weight is 242 g/mol. The van der Waals surface area contributed by atoms with E-state index in [0.29, 0.717) is 0 Å². The number of benzene rings is 2. The fraction of sp³-hybridized carbons (Fsp3) is 0.294. The monoisotopic (exact) mass is 242 g/mol. The van der Waals surface area contributed by atoms with E-state index in [-0.39, 0.29) is 11.7 Å². The van der Waals surface area contributed by atoms with Crippen molar-refractivity contribution in [2.45, 2.75) is 33.1 Å². The first-order valence-electron chi connectivity index (χ1n) is 6.51. The molecular weight excluding hydrogens is 223 g/mol. The number of hydrogen-bond donors (Lipinski definition) is 0. The van der Waals surface area contributed by atoms with E-state index in [0.717, 1.165) is 28.7 Å². The van der Waals surface area contributed by atoms with Crippen molar-refractivity contribution in [1.82, 2.24) is 0 Å². The first-order valence-corrected chi connectivity index (χ1v) is 6.51. The maximum Gasteiger partial charge on any atom is 0.129 e. The predicted octanol–water partition coefficient (Wildman–Crippen LogP) is 5.18. The molecule has 18 heavy (non-hydrogen) atoms. The van der Waals surface area contributed by atoms with E-state index >= 15 is 0 Å². The third kappa shape index (κ3) is 2.45. The Kier molecular flexibility index (Phi) is 3.81. The predicted molar refractivity (Wildman–Crippen MR) is 75.3 cm³/mol. The molecule has 0 bridgehead atoms. The quantitative estimate of drug-likeness (QED) is 0.695. The Balaban J connectivity index is 2.59. The molecule has 0 saturated carbocycles. The average Bonchev–Trinajstić information content (AvgIpc) is 2.39. The van der Waals surface area contributed by atoms with Gasteiger partial charge in [-0.3, -0.25) is 0 Å². The van der Waals surface area contributed by atoms with Gasteiger partial charge in [0.1, 0.15) is 5.82 Å². The van der Waals surface area contributed by atoms with Crippen LogP contribution in [0.2, 0.25) is 0 Å². The topological polar surface area (TPSA) is 0 Å². The van der Waals surface area contributed by atoms with Gasteiger partial charge in [0.25, 0.3) is 0 Å². The molecule has 0 fully saturated rings. The summed E-state index contributed by atoms with van der Waals surface area (Å²) < 4.78 is 14.2. The van der Waals surface area contributed by atoms with Crippen LogP contribution >= 0.6 is 0 Å². The molecule has 0 aliphatic carbocycles. The van der Waals surface area contributed by atoms with Crippen molar-refractivity contribution < 1.29 is 4.39 Å². The minimum atomic E-state index is -0.0350. The summed E-state index contributed by atoms with van der Waals surface area (Å²) in [6.07, 6.45) is 0.728. The van der Waals surface area contributed by atoms with Crippen molar-refractivity contribution in [3.05, 3.63) is 59.4 Å². The third-order valence-electron chi connectivity index (χ3n) is 3.29. The van der Waals surface area contributed by atoms with Gasteiger partial charge >= 0.3 is 0 Å². The van der Waals surface area contributed by atoms with Crippen LogP contribution in [-0.2, 0) is 6.42 Å². The fourth-order valence-corrected chi connectivity index (χ4v) is 2.18. The highest BCUT2D eigenvalue weighted by atomic mass is 19.1. The molecule has 2 rings (SSSR count). The Labute approximate surface area is 108 Å². The van der Waals surface area contributed by atoms with Gasteiger partial charge in [0.05, 0.1) is 0 Å². The second-order valence-corrected chi connectivity index (χ2v) is 4.91. The Morgan fingerprint density at radius 3 is 2.22 bits per heavy atom. The largest absolute Gasteiger partial charge is 0.206 e. The van der Waals surface area contributed by atoms with E-state index in [2.05, 4.69) is 12.1 Å². The van der Waals surface area contributed by atoms with Gasteiger partial charge in [-0.1, -0.05) is 51.1 Å². The van der Waals surface area contributed by atoms with Crippen molar-refractivity contribution in [3.8, 4) is 11.1 Å². The zero-order valence-electron chi connectivity index (χ0n) is 11.2. The van der Waals surface area contributed by atoms with Gasteiger partial charge in [-0.15, -0.1) is 0 Å². The third-order valence-corrected chi connectivity index (χ3v) is 3.29. The van der Waals surface area contributed by atoms with E-state index in [1.165, 1.54) is 0 Å². The second kappa shape index (κ2) is 5.34. The highest BCUT2D eigenvalue weighted by molar-refractivity contribution is 5.65. The lowest BCUT2D eigenvalue weighted by Crippen LogP contribution is -1.99. The molecular formula is C17H19F. The van der Waals surface area contributed by atoms with E-state index in [9.17, 15) is 4.39 Å². The smallest absolute Gasteiger partial charge is 0.129 e.